The van der Waals surface area contributed by atoms with Gasteiger partial charge in [-0.05, 0) is 48.9 Å². The minimum Gasteiger partial charge on any atom is -0.329 e. The van der Waals surface area contributed by atoms with Crippen LogP contribution in [0.2, 0.25) is 0 Å². The lowest BCUT2D eigenvalue weighted by atomic mass is 10.1. The van der Waals surface area contributed by atoms with E-state index in [4.69, 9.17) is 0 Å². The van der Waals surface area contributed by atoms with Gasteiger partial charge in [0.15, 0.2) is 0 Å². The van der Waals surface area contributed by atoms with E-state index in [1.807, 2.05) is 6.20 Å². The Morgan fingerprint density at radius 2 is 2.15 bits per heavy atom. The molecule has 1 aromatic heterocycles. The first kappa shape index (κ1) is 13.4. The van der Waals surface area contributed by atoms with E-state index in [1.165, 1.54) is 24.8 Å². The van der Waals surface area contributed by atoms with Crippen LogP contribution in [0.3, 0.4) is 0 Å². The van der Waals surface area contributed by atoms with Gasteiger partial charge < -0.3 is 9.88 Å². The summed E-state index contributed by atoms with van der Waals surface area (Å²) in [5, 5.41) is 3.42. The van der Waals surface area contributed by atoms with Crippen molar-refractivity contribution in [1.82, 2.24) is 14.9 Å². The molecule has 0 unspecified atom stereocenters. The summed E-state index contributed by atoms with van der Waals surface area (Å²) in [5.74, 6) is 1.12. The van der Waals surface area contributed by atoms with Crippen LogP contribution in [-0.4, -0.2) is 16.1 Å². The smallest absolute Gasteiger partial charge is 0.122 e. The monoisotopic (exact) mass is 269 g/mol. The minimum atomic E-state index is 0.853. The van der Waals surface area contributed by atoms with Gasteiger partial charge in [-0.2, -0.15) is 0 Å². The fraction of sp³-hybridized carbons (Fsp3) is 0.471. The molecule has 0 spiro atoms. The van der Waals surface area contributed by atoms with Gasteiger partial charge in [-0.15, -0.1) is 0 Å². The maximum atomic E-state index is 4.46. The Morgan fingerprint density at radius 3 is 3.05 bits per heavy atom. The molecule has 0 radical (unpaired) electrons. The van der Waals surface area contributed by atoms with Gasteiger partial charge in [0.2, 0.25) is 0 Å². The Labute approximate surface area is 121 Å². The number of aromatic nitrogens is 2. The van der Waals surface area contributed by atoms with Crippen LogP contribution in [0.1, 0.15) is 42.3 Å². The largest absolute Gasteiger partial charge is 0.329 e. The van der Waals surface area contributed by atoms with Crippen LogP contribution in [0, 0.1) is 0 Å². The average molecular weight is 269 g/mol. The number of imidazole rings is 1. The zero-order valence-electron chi connectivity index (χ0n) is 12.2. The molecule has 3 nitrogen and oxygen atoms in total. The summed E-state index contributed by atoms with van der Waals surface area (Å²) < 4.78 is 2.25. The summed E-state index contributed by atoms with van der Waals surface area (Å²) in [6.07, 6.45) is 8.96. The number of hydrogen-bond acceptors (Lipinski definition) is 2. The zero-order valence-corrected chi connectivity index (χ0v) is 12.2. The normalized spacial score (nSPS) is 13.7. The Balaban J connectivity index is 1.70. The third-order valence-corrected chi connectivity index (χ3v) is 4.03. The van der Waals surface area contributed by atoms with Gasteiger partial charge in [0.1, 0.15) is 5.82 Å². The Kier molecular flexibility index (Phi) is 4.16. The molecule has 2 aromatic rings. The molecule has 1 N–H and O–H groups in total. The highest BCUT2D eigenvalue weighted by Gasteiger charge is 2.11. The van der Waals surface area contributed by atoms with Crippen LogP contribution in [-0.2, 0) is 25.9 Å². The van der Waals surface area contributed by atoms with E-state index in [2.05, 4.69) is 46.2 Å². The zero-order chi connectivity index (χ0) is 13.8. The molecule has 0 bridgehead atoms. The highest BCUT2D eigenvalue weighted by Crippen LogP contribution is 2.23. The highest BCUT2D eigenvalue weighted by molar-refractivity contribution is 5.35. The summed E-state index contributed by atoms with van der Waals surface area (Å²) >= 11 is 0. The number of aryl methyl sites for hydroxylation is 2. The molecule has 0 fully saturated rings. The molecular weight excluding hydrogens is 246 g/mol. The fourth-order valence-electron chi connectivity index (χ4n) is 2.95. The lowest BCUT2D eigenvalue weighted by Gasteiger charge is -2.10. The van der Waals surface area contributed by atoms with Crippen molar-refractivity contribution in [2.75, 3.05) is 6.54 Å². The molecular formula is C17H23N3. The molecule has 1 aliphatic carbocycles. The molecule has 106 valence electrons. The third-order valence-electron chi connectivity index (χ3n) is 4.03. The molecule has 0 saturated heterocycles. The fourth-order valence-corrected chi connectivity index (χ4v) is 2.95. The predicted molar refractivity (Wildman–Crippen MR) is 81.8 cm³/mol. The summed E-state index contributed by atoms with van der Waals surface area (Å²) in [6, 6.07) is 6.96. The summed E-state index contributed by atoms with van der Waals surface area (Å²) in [7, 11) is 0. The number of rotatable bonds is 6. The molecule has 0 amide bonds. The van der Waals surface area contributed by atoms with E-state index in [0.29, 0.717) is 0 Å². The lowest BCUT2D eigenvalue weighted by molar-refractivity contribution is 0.615. The van der Waals surface area contributed by atoms with E-state index in [1.54, 1.807) is 11.1 Å². The van der Waals surface area contributed by atoms with Crippen LogP contribution in [0.15, 0.2) is 30.6 Å². The standard InChI is InChI=1S/C17H23N3/c1-2-8-18-12-17-19-9-10-20(17)13-14-6-7-15-4-3-5-16(15)11-14/h6-7,9-11,18H,2-5,8,12-13H2,1H3. The molecule has 1 aliphatic rings. The first-order valence-corrected chi connectivity index (χ1v) is 7.68. The van der Waals surface area contributed by atoms with Gasteiger partial charge in [-0.3, -0.25) is 0 Å². The van der Waals surface area contributed by atoms with Gasteiger partial charge in [0, 0.05) is 18.9 Å². The van der Waals surface area contributed by atoms with E-state index in [9.17, 15) is 0 Å². The number of nitrogens with zero attached hydrogens (tertiary/aromatic N) is 2. The van der Waals surface area contributed by atoms with E-state index >= 15 is 0 Å². The van der Waals surface area contributed by atoms with Gasteiger partial charge in [-0.25, -0.2) is 4.98 Å². The Bertz CT molecular complexity index is 571. The number of nitrogens with one attached hydrogen (secondary N) is 1. The molecule has 3 rings (SSSR count). The van der Waals surface area contributed by atoms with Crippen LogP contribution in [0.25, 0.3) is 0 Å². The summed E-state index contributed by atoms with van der Waals surface area (Å²) in [6.45, 7) is 5.01. The van der Waals surface area contributed by atoms with Gasteiger partial charge in [0.05, 0.1) is 6.54 Å². The van der Waals surface area contributed by atoms with Crippen LogP contribution in [0.4, 0.5) is 0 Å². The average Bonchev–Trinajstić information content (AvgIpc) is 3.08. The molecule has 20 heavy (non-hydrogen) atoms. The van der Waals surface area contributed by atoms with Crippen molar-refractivity contribution in [2.45, 2.75) is 45.7 Å². The van der Waals surface area contributed by atoms with Crippen molar-refractivity contribution in [3.05, 3.63) is 53.1 Å². The van der Waals surface area contributed by atoms with Crippen LogP contribution >= 0.6 is 0 Å². The van der Waals surface area contributed by atoms with E-state index < -0.39 is 0 Å². The van der Waals surface area contributed by atoms with Crippen LogP contribution in [0.5, 0.6) is 0 Å². The topological polar surface area (TPSA) is 29.9 Å². The molecule has 1 aromatic carbocycles. The first-order valence-electron chi connectivity index (χ1n) is 7.68. The van der Waals surface area contributed by atoms with Crippen molar-refractivity contribution < 1.29 is 0 Å². The predicted octanol–water partition coefficient (Wildman–Crippen LogP) is 2.92. The van der Waals surface area contributed by atoms with Crippen molar-refractivity contribution in [2.24, 2.45) is 0 Å². The van der Waals surface area contributed by atoms with Crippen molar-refractivity contribution in [3.63, 3.8) is 0 Å². The second kappa shape index (κ2) is 6.23. The quantitative estimate of drug-likeness (QED) is 0.817. The maximum absolute atomic E-state index is 4.46. The second-order valence-corrected chi connectivity index (χ2v) is 5.60. The first-order chi connectivity index (χ1) is 9.86. The summed E-state index contributed by atoms with van der Waals surface area (Å²) in [4.78, 5) is 4.46. The number of hydrogen-bond donors (Lipinski definition) is 1. The van der Waals surface area contributed by atoms with Crippen molar-refractivity contribution in [3.8, 4) is 0 Å². The SMILES string of the molecule is CCCNCc1nccn1Cc1ccc2c(c1)CCC2. The maximum Gasteiger partial charge on any atom is 0.122 e. The third kappa shape index (κ3) is 2.93. The van der Waals surface area contributed by atoms with Crippen molar-refractivity contribution in [1.29, 1.82) is 0 Å². The minimum absolute atomic E-state index is 0.853. The van der Waals surface area contributed by atoms with Crippen LogP contribution < -0.4 is 5.32 Å². The Morgan fingerprint density at radius 1 is 1.25 bits per heavy atom. The molecule has 0 aliphatic heterocycles. The van der Waals surface area contributed by atoms with Gasteiger partial charge >= 0.3 is 0 Å². The molecule has 1 heterocycles. The van der Waals surface area contributed by atoms with Gasteiger partial charge in [0.25, 0.3) is 0 Å². The molecule has 3 heteroatoms. The summed E-state index contributed by atoms with van der Waals surface area (Å²) in [5.41, 5.74) is 4.48. The second-order valence-electron chi connectivity index (χ2n) is 5.60. The number of benzene rings is 1. The lowest BCUT2D eigenvalue weighted by Crippen LogP contribution is -2.18. The Hall–Kier alpha value is -1.61. The van der Waals surface area contributed by atoms with E-state index in [0.717, 1.165) is 31.9 Å². The molecule has 0 saturated carbocycles. The van der Waals surface area contributed by atoms with Gasteiger partial charge in [-0.1, -0.05) is 25.1 Å². The highest BCUT2D eigenvalue weighted by atomic mass is 15.1. The molecule has 0 atom stereocenters. The number of fused-ring (bicyclic) bond motifs is 1. The van der Waals surface area contributed by atoms with E-state index in [-0.39, 0.29) is 0 Å². The van der Waals surface area contributed by atoms with Crippen molar-refractivity contribution >= 4 is 0 Å².